The van der Waals surface area contributed by atoms with E-state index in [-0.39, 0.29) is 54.8 Å². The van der Waals surface area contributed by atoms with Gasteiger partial charge in [-0.3, -0.25) is 9.63 Å². The number of hydroxylamine groups is 3. The molecule has 1 aromatic heterocycles. The fourth-order valence-electron chi connectivity index (χ4n) is 3.92. The summed E-state index contributed by atoms with van der Waals surface area (Å²) in [6.45, 7) is 1.02. The molecular weight excluding hydrogens is 433 g/mol. The third-order valence-electron chi connectivity index (χ3n) is 5.27. The Labute approximate surface area is 194 Å². The fraction of sp³-hybridized carbons (Fsp3) is 0.714. The van der Waals surface area contributed by atoms with E-state index in [0.717, 1.165) is 6.42 Å². The van der Waals surface area contributed by atoms with Crippen LogP contribution in [0, 0.1) is 0 Å². The molecule has 4 heterocycles. The standard InChI is InChI=1S/C14H21N7O7S.Na/c22-13(17-27-8-9-5-11(6-15-9)20-4-3-16-18-20)12-2-1-10-7-19(12)14(23)21(10)28-29(24,25)26;/h3-4,9-12,15H,1-2,5-8H2,(H,17,22)(H,24,25,26);/q;+1/p-1/t9-,10-,11+,12+;/m1./s1. The summed E-state index contributed by atoms with van der Waals surface area (Å²) < 4.78 is 38.4. The van der Waals surface area contributed by atoms with Gasteiger partial charge in [0.05, 0.1) is 24.9 Å². The van der Waals surface area contributed by atoms with Crippen LogP contribution in [0.3, 0.4) is 0 Å². The predicted octanol–water partition coefficient (Wildman–Crippen LogP) is -5.11. The summed E-state index contributed by atoms with van der Waals surface area (Å²) in [7, 11) is -5.08. The Morgan fingerprint density at radius 1 is 1.37 bits per heavy atom. The van der Waals surface area contributed by atoms with E-state index in [9.17, 15) is 22.6 Å². The molecule has 3 fully saturated rings. The number of hydrogen-bond acceptors (Lipinski definition) is 10. The van der Waals surface area contributed by atoms with Gasteiger partial charge in [-0.05, 0) is 19.3 Å². The number of hydrogen-bond donors (Lipinski definition) is 2. The Morgan fingerprint density at radius 2 is 2.17 bits per heavy atom. The molecule has 3 aliphatic rings. The van der Waals surface area contributed by atoms with Crippen LogP contribution in [0.25, 0.3) is 0 Å². The van der Waals surface area contributed by atoms with E-state index in [1.54, 1.807) is 17.1 Å². The van der Waals surface area contributed by atoms with Crippen molar-refractivity contribution in [1.82, 2.24) is 35.8 Å². The maximum absolute atomic E-state index is 12.4. The van der Waals surface area contributed by atoms with E-state index in [2.05, 4.69) is 25.4 Å². The molecule has 0 saturated carbocycles. The Morgan fingerprint density at radius 3 is 2.87 bits per heavy atom. The molecule has 16 heteroatoms. The van der Waals surface area contributed by atoms with Crippen molar-refractivity contribution in [3.8, 4) is 0 Å². The number of piperidine rings is 1. The Balaban J connectivity index is 0.00000256. The number of carbonyl (C=O) groups is 2. The van der Waals surface area contributed by atoms with Gasteiger partial charge in [-0.1, -0.05) is 5.21 Å². The van der Waals surface area contributed by atoms with Gasteiger partial charge in [-0.2, -0.15) is 9.35 Å². The van der Waals surface area contributed by atoms with Gasteiger partial charge >= 0.3 is 35.6 Å². The van der Waals surface area contributed by atoms with Crippen molar-refractivity contribution < 1.29 is 61.2 Å². The fourth-order valence-corrected chi connectivity index (χ4v) is 4.30. The quantitative estimate of drug-likeness (QED) is 0.176. The Kier molecular flexibility index (Phi) is 7.34. The molecule has 3 saturated heterocycles. The first kappa shape index (κ1) is 23.3. The number of amides is 3. The molecule has 3 aliphatic heterocycles. The van der Waals surface area contributed by atoms with Crippen molar-refractivity contribution in [2.24, 2.45) is 0 Å². The third-order valence-corrected chi connectivity index (χ3v) is 5.61. The van der Waals surface area contributed by atoms with Crippen molar-refractivity contribution in [3.05, 3.63) is 12.4 Å². The molecule has 0 spiro atoms. The van der Waals surface area contributed by atoms with Crippen molar-refractivity contribution >= 4 is 22.3 Å². The van der Waals surface area contributed by atoms with Crippen LogP contribution in [0.2, 0.25) is 0 Å². The van der Waals surface area contributed by atoms with Crippen LogP contribution in [0.15, 0.2) is 12.4 Å². The summed E-state index contributed by atoms with van der Waals surface area (Å²) in [5.74, 6) is -0.519. The normalized spacial score (nSPS) is 28.5. The van der Waals surface area contributed by atoms with Gasteiger partial charge in [0, 0.05) is 25.3 Å². The van der Waals surface area contributed by atoms with Crippen LogP contribution in [0.1, 0.15) is 25.3 Å². The van der Waals surface area contributed by atoms with Gasteiger partial charge < -0.3 is 14.8 Å². The minimum Gasteiger partial charge on any atom is -0.724 e. The summed E-state index contributed by atoms with van der Waals surface area (Å²) in [6, 6.07) is -2.09. The maximum Gasteiger partial charge on any atom is 1.00 e. The number of rotatable bonds is 7. The minimum atomic E-state index is -5.08. The number of carbonyl (C=O) groups excluding carboxylic acids is 2. The first-order valence-corrected chi connectivity index (χ1v) is 10.4. The molecule has 2 bridgehead atoms. The molecule has 30 heavy (non-hydrogen) atoms. The van der Waals surface area contributed by atoms with E-state index in [4.69, 9.17) is 4.84 Å². The van der Waals surface area contributed by atoms with E-state index >= 15 is 0 Å². The monoisotopic (exact) mass is 453 g/mol. The zero-order chi connectivity index (χ0) is 20.6. The molecule has 4 atom stereocenters. The topological polar surface area (TPSA) is 171 Å². The van der Waals surface area contributed by atoms with Gasteiger partial charge in [-0.15, -0.1) is 5.10 Å². The molecule has 1 aromatic rings. The second-order valence-electron chi connectivity index (χ2n) is 7.15. The van der Waals surface area contributed by atoms with E-state index in [1.807, 2.05) is 0 Å². The molecule has 4 rings (SSSR count). The number of aromatic nitrogens is 3. The van der Waals surface area contributed by atoms with E-state index in [0.29, 0.717) is 24.4 Å². The van der Waals surface area contributed by atoms with Crippen molar-refractivity contribution in [3.63, 3.8) is 0 Å². The number of fused-ring (bicyclic) bond motifs is 2. The summed E-state index contributed by atoms with van der Waals surface area (Å²) >= 11 is 0. The zero-order valence-electron chi connectivity index (χ0n) is 16.2. The average Bonchev–Trinajstić information content (AvgIpc) is 3.39. The number of nitrogens with one attached hydrogen (secondary N) is 2. The van der Waals surface area contributed by atoms with E-state index < -0.39 is 34.4 Å². The predicted molar refractivity (Wildman–Crippen MR) is 91.1 cm³/mol. The van der Waals surface area contributed by atoms with Gasteiger partial charge in [-0.25, -0.2) is 23.4 Å². The van der Waals surface area contributed by atoms with Crippen LogP contribution in [-0.2, 0) is 24.3 Å². The minimum absolute atomic E-state index is 0. The SMILES string of the molecule is O=C(NOC[C@H]1C[C@H](n2ccnn2)CN1)[C@@H]1CC[C@@H]2CN1C(=O)N2OS(=O)(=O)[O-].[Na+]. The zero-order valence-corrected chi connectivity index (χ0v) is 19.0. The summed E-state index contributed by atoms with van der Waals surface area (Å²) in [5, 5.41) is 11.5. The molecule has 3 amide bonds. The van der Waals surface area contributed by atoms with Gasteiger partial charge in [0.25, 0.3) is 5.91 Å². The summed E-state index contributed by atoms with van der Waals surface area (Å²) in [5.41, 5.74) is 2.35. The van der Waals surface area contributed by atoms with Crippen LogP contribution in [0.4, 0.5) is 4.79 Å². The first-order valence-electron chi connectivity index (χ1n) is 9.08. The van der Waals surface area contributed by atoms with Crippen molar-refractivity contribution in [2.75, 3.05) is 19.7 Å². The molecule has 0 radical (unpaired) electrons. The molecule has 0 aliphatic carbocycles. The second-order valence-corrected chi connectivity index (χ2v) is 8.11. The molecule has 0 aromatic carbocycles. The third kappa shape index (κ3) is 5.11. The van der Waals surface area contributed by atoms with Gasteiger partial charge in [0.15, 0.2) is 0 Å². The molecule has 2 N–H and O–H groups in total. The summed E-state index contributed by atoms with van der Waals surface area (Å²) in [4.78, 5) is 31.2. The second kappa shape index (κ2) is 9.44. The maximum atomic E-state index is 12.4. The first-order chi connectivity index (χ1) is 13.8. The largest absolute Gasteiger partial charge is 1.00 e. The van der Waals surface area contributed by atoms with Gasteiger partial charge in [0.2, 0.25) is 10.4 Å². The van der Waals surface area contributed by atoms with Crippen molar-refractivity contribution in [2.45, 2.75) is 43.4 Å². The number of urea groups is 1. The smallest absolute Gasteiger partial charge is 0.724 e. The van der Waals surface area contributed by atoms with Crippen LogP contribution in [0.5, 0.6) is 0 Å². The van der Waals surface area contributed by atoms with Gasteiger partial charge in [0.1, 0.15) is 6.04 Å². The molecular formula is C14H20N7NaO7S. The van der Waals surface area contributed by atoms with E-state index in [1.165, 1.54) is 4.90 Å². The summed E-state index contributed by atoms with van der Waals surface area (Å²) in [6.07, 6.45) is 4.76. The molecule has 160 valence electrons. The van der Waals surface area contributed by atoms with Crippen LogP contribution < -0.4 is 40.4 Å². The van der Waals surface area contributed by atoms with Crippen LogP contribution >= 0.6 is 0 Å². The Hall–Kier alpha value is -1.33. The number of nitrogens with zero attached hydrogens (tertiary/aromatic N) is 5. The Bertz CT molecular complexity index is 870. The average molecular weight is 453 g/mol. The van der Waals surface area contributed by atoms with Crippen molar-refractivity contribution in [1.29, 1.82) is 0 Å². The van der Waals surface area contributed by atoms with Crippen LogP contribution in [-0.4, -0.2) is 87.7 Å². The molecule has 0 unspecified atom stereocenters. The molecule has 14 nitrogen and oxygen atoms in total.